The number of nitrogens with one attached hydrogen (secondary N) is 2. The molecule has 144 valence electrons. The van der Waals surface area contributed by atoms with Crippen molar-refractivity contribution in [3.8, 4) is 11.3 Å². The van der Waals surface area contributed by atoms with Crippen LogP contribution >= 0.6 is 0 Å². The van der Waals surface area contributed by atoms with Crippen LogP contribution in [0.2, 0.25) is 0 Å². The molecule has 3 aromatic rings. The minimum absolute atomic E-state index is 0.194. The zero-order valence-corrected chi connectivity index (χ0v) is 15.5. The van der Waals surface area contributed by atoms with Crippen LogP contribution in [0.15, 0.2) is 65.5 Å². The van der Waals surface area contributed by atoms with Gasteiger partial charge in [-0.1, -0.05) is 35.9 Å². The van der Waals surface area contributed by atoms with Crippen LogP contribution < -0.4 is 16.2 Å². The highest BCUT2D eigenvalue weighted by atomic mass is 19.1. The highest BCUT2D eigenvalue weighted by molar-refractivity contribution is 5.89. The number of nitrogens with zero attached hydrogens (tertiary/aromatic N) is 2. The Labute approximate surface area is 162 Å². The molecule has 1 heterocycles. The van der Waals surface area contributed by atoms with E-state index in [9.17, 15) is 14.0 Å². The molecule has 0 radical (unpaired) electrons. The molecule has 0 spiro atoms. The summed E-state index contributed by atoms with van der Waals surface area (Å²) < 4.78 is 14.5. The van der Waals surface area contributed by atoms with Crippen LogP contribution in [-0.4, -0.2) is 22.4 Å². The third kappa shape index (κ3) is 5.26. The van der Waals surface area contributed by atoms with E-state index in [4.69, 9.17) is 0 Å². The Hall–Kier alpha value is -3.48. The molecule has 3 rings (SSSR count). The van der Waals surface area contributed by atoms with Crippen LogP contribution in [-0.2, 0) is 6.54 Å². The Balaban J connectivity index is 1.53. The van der Waals surface area contributed by atoms with Gasteiger partial charge in [-0.2, -0.15) is 5.10 Å². The third-order valence-corrected chi connectivity index (χ3v) is 4.13. The zero-order chi connectivity index (χ0) is 19.9. The molecule has 0 bridgehead atoms. The van der Waals surface area contributed by atoms with Crippen molar-refractivity contribution in [2.75, 3.05) is 11.9 Å². The van der Waals surface area contributed by atoms with Crippen molar-refractivity contribution < 1.29 is 9.18 Å². The SMILES string of the molecule is Cc1ccc(-c2ccc(=O)n(CCCNC(=O)Nc3cccc(F)c3)n2)cc1. The van der Waals surface area contributed by atoms with Gasteiger partial charge in [0.2, 0.25) is 0 Å². The summed E-state index contributed by atoms with van der Waals surface area (Å²) in [4.78, 5) is 23.9. The van der Waals surface area contributed by atoms with Crippen molar-refractivity contribution in [3.05, 3.63) is 82.4 Å². The first-order chi connectivity index (χ1) is 13.5. The van der Waals surface area contributed by atoms with Crippen LogP contribution in [0.5, 0.6) is 0 Å². The second-order valence-electron chi connectivity index (χ2n) is 6.39. The summed E-state index contributed by atoms with van der Waals surface area (Å²) in [6, 6.07) is 16.3. The first-order valence-electron chi connectivity index (χ1n) is 8.97. The predicted octanol–water partition coefficient (Wildman–Crippen LogP) is 3.57. The van der Waals surface area contributed by atoms with Gasteiger partial charge >= 0.3 is 6.03 Å². The molecule has 0 fully saturated rings. The average molecular weight is 380 g/mol. The molecule has 0 aliphatic carbocycles. The molecule has 0 aliphatic heterocycles. The van der Waals surface area contributed by atoms with Gasteiger partial charge in [-0.3, -0.25) is 4.79 Å². The largest absolute Gasteiger partial charge is 0.338 e. The first-order valence-corrected chi connectivity index (χ1v) is 8.97. The van der Waals surface area contributed by atoms with E-state index in [1.165, 1.54) is 28.9 Å². The van der Waals surface area contributed by atoms with E-state index in [2.05, 4.69) is 15.7 Å². The van der Waals surface area contributed by atoms with Gasteiger partial charge in [0.05, 0.1) is 5.69 Å². The van der Waals surface area contributed by atoms with Crippen molar-refractivity contribution in [2.45, 2.75) is 19.9 Å². The maximum Gasteiger partial charge on any atom is 0.319 e. The molecular formula is C21H21FN4O2. The molecule has 0 saturated carbocycles. The molecular weight excluding hydrogens is 359 g/mol. The number of urea groups is 1. The lowest BCUT2D eigenvalue weighted by Gasteiger charge is -2.09. The molecule has 2 amide bonds. The van der Waals surface area contributed by atoms with Crippen molar-refractivity contribution in [1.29, 1.82) is 0 Å². The first kappa shape index (κ1) is 19.3. The zero-order valence-electron chi connectivity index (χ0n) is 15.5. The summed E-state index contributed by atoms with van der Waals surface area (Å²) in [6.45, 7) is 2.73. The van der Waals surface area contributed by atoms with Gasteiger partial charge in [-0.15, -0.1) is 0 Å². The van der Waals surface area contributed by atoms with E-state index in [1.807, 2.05) is 31.2 Å². The number of aryl methyl sites for hydroxylation is 2. The normalized spacial score (nSPS) is 10.5. The van der Waals surface area contributed by atoms with Crippen LogP contribution in [0.3, 0.4) is 0 Å². The topological polar surface area (TPSA) is 76.0 Å². The van der Waals surface area contributed by atoms with Crippen LogP contribution in [0.1, 0.15) is 12.0 Å². The van der Waals surface area contributed by atoms with Crippen LogP contribution in [0.4, 0.5) is 14.9 Å². The van der Waals surface area contributed by atoms with Gasteiger partial charge in [0.1, 0.15) is 5.82 Å². The number of anilines is 1. The summed E-state index contributed by atoms with van der Waals surface area (Å²) in [5.41, 5.74) is 2.99. The molecule has 0 saturated heterocycles. The number of halogens is 1. The fourth-order valence-corrected chi connectivity index (χ4v) is 2.66. The molecule has 6 nitrogen and oxygen atoms in total. The van der Waals surface area contributed by atoms with Crippen molar-refractivity contribution >= 4 is 11.7 Å². The highest BCUT2D eigenvalue weighted by Gasteiger charge is 2.05. The maximum absolute atomic E-state index is 13.1. The lowest BCUT2D eigenvalue weighted by atomic mass is 10.1. The van der Waals surface area contributed by atoms with Gasteiger partial charge in [-0.25, -0.2) is 13.9 Å². The quantitative estimate of drug-likeness (QED) is 0.642. The molecule has 1 aromatic heterocycles. The molecule has 7 heteroatoms. The van der Waals surface area contributed by atoms with Gasteiger partial charge < -0.3 is 10.6 Å². The van der Waals surface area contributed by atoms with Gasteiger partial charge in [0.25, 0.3) is 5.56 Å². The molecule has 0 unspecified atom stereocenters. The van der Waals surface area contributed by atoms with Crippen LogP contribution in [0, 0.1) is 12.7 Å². The van der Waals surface area contributed by atoms with Crippen molar-refractivity contribution in [1.82, 2.24) is 15.1 Å². The molecule has 28 heavy (non-hydrogen) atoms. The summed E-state index contributed by atoms with van der Waals surface area (Å²) in [5, 5.41) is 9.63. The summed E-state index contributed by atoms with van der Waals surface area (Å²) >= 11 is 0. The Morgan fingerprint density at radius 1 is 1.11 bits per heavy atom. The minimum atomic E-state index is -0.431. The lowest BCUT2D eigenvalue weighted by Crippen LogP contribution is -2.31. The Kier molecular flexibility index (Phi) is 6.16. The molecule has 0 atom stereocenters. The minimum Gasteiger partial charge on any atom is -0.338 e. The fourth-order valence-electron chi connectivity index (χ4n) is 2.66. The van der Waals surface area contributed by atoms with E-state index in [0.717, 1.165) is 16.8 Å². The van der Waals surface area contributed by atoms with E-state index in [-0.39, 0.29) is 5.56 Å². The Morgan fingerprint density at radius 2 is 1.89 bits per heavy atom. The lowest BCUT2D eigenvalue weighted by molar-refractivity contribution is 0.251. The number of rotatable bonds is 6. The van der Waals surface area contributed by atoms with E-state index >= 15 is 0 Å². The maximum atomic E-state index is 13.1. The predicted molar refractivity (Wildman–Crippen MR) is 107 cm³/mol. The number of benzene rings is 2. The fraction of sp³-hybridized carbons (Fsp3) is 0.190. The van der Waals surface area contributed by atoms with Gasteiger partial charge in [-0.05, 0) is 37.6 Å². The van der Waals surface area contributed by atoms with E-state index < -0.39 is 11.8 Å². The summed E-state index contributed by atoms with van der Waals surface area (Å²) in [5.74, 6) is -0.420. The number of aromatic nitrogens is 2. The second kappa shape index (κ2) is 8.94. The van der Waals surface area contributed by atoms with Crippen molar-refractivity contribution in [2.24, 2.45) is 0 Å². The summed E-state index contributed by atoms with van der Waals surface area (Å²) in [6.07, 6.45) is 0.529. The standard InChI is InChI=1S/C21H21FN4O2/c1-15-6-8-16(9-7-15)19-10-11-20(27)26(25-19)13-3-12-23-21(28)24-18-5-2-4-17(22)14-18/h2,4-11,14H,3,12-13H2,1H3,(H2,23,24,28). The molecule has 0 aliphatic rings. The average Bonchev–Trinajstić information content (AvgIpc) is 2.67. The Morgan fingerprint density at radius 3 is 2.64 bits per heavy atom. The monoisotopic (exact) mass is 380 g/mol. The van der Waals surface area contributed by atoms with Gasteiger partial charge in [0.15, 0.2) is 0 Å². The van der Waals surface area contributed by atoms with Crippen LogP contribution in [0.25, 0.3) is 11.3 Å². The van der Waals surface area contributed by atoms with E-state index in [1.54, 1.807) is 12.1 Å². The number of hydrogen-bond donors (Lipinski definition) is 2. The van der Waals surface area contributed by atoms with Gasteiger partial charge in [0, 0.05) is 30.4 Å². The number of hydrogen-bond acceptors (Lipinski definition) is 3. The second-order valence-corrected chi connectivity index (χ2v) is 6.39. The highest BCUT2D eigenvalue weighted by Crippen LogP contribution is 2.15. The van der Waals surface area contributed by atoms with Crippen molar-refractivity contribution in [3.63, 3.8) is 0 Å². The van der Waals surface area contributed by atoms with E-state index in [0.29, 0.717) is 25.2 Å². The molecule has 2 N–H and O–H groups in total. The smallest absolute Gasteiger partial charge is 0.319 e. The number of carbonyl (C=O) groups is 1. The third-order valence-electron chi connectivity index (χ3n) is 4.13. The number of carbonyl (C=O) groups excluding carboxylic acids is 1. The number of amides is 2. The molecule has 2 aromatic carbocycles. The Bertz CT molecular complexity index is 1020. The summed E-state index contributed by atoms with van der Waals surface area (Å²) in [7, 11) is 0.